The second kappa shape index (κ2) is 8.04. The lowest BCUT2D eigenvalue weighted by Gasteiger charge is -2.06. The van der Waals surface area contributed by atoms with Gasteiger partial charge in [-0.3, -0.25) is 4.57 Å². The molecule has 4 rings (SSSR count). The summed E-state index contributed by atoms with van der Waals surface area (Å²) in [5, 5.41) is 14.0. The molecule has 3 heterocycles. The molecule has 0 saturated heterocycles. The minimum absolute atomic E-state index is 0.465. The van der Waals surface area contributed by atoms with Crippen LogP contribution >= 0.6 is 23.4 Å². The van der Waals surface area contributed by atoms with E-state index in [0.29, 0.717) is 29.0 Å². The molecule has 0 aliphatic carbocycles. The number of thioether (sulfide) groups is 1. The first kappa shape index (κ1) is 18.5. The standard InChI is InChI=1S/C19H16ClN5O2S/c1-3-8-25-18(15-7-9-26-12(15)2)22-23-19(25)28-11-16-21-17(24-27-16)13-5-4-6-14(20)10-13/h3-7,9-10H,1,8,11H2,2H3. The number of hydrogen-bond acceptors (Lipinski definition) is 7. The summed E-state index contributed by atoms with van der Waals surface area (Å²) in [7, 11) is 0. The summed E-state index contributed by atoms with van der Waals surface area (Å²) in [5.74, 6) is 2.98. The van der Waals surface area contributed by atoms with E-state index in [-0.39, 0.29) is 0 Å². The Labute approximate surface area is 170 Å². The minimum atomic E-state index is 0.465. The largest absolute Gasteiger partial charge is 0.469 e. The lowest BCUT2D eigenvalue weighted by Crippen LogP contribution is -2.00. The first-order valence-electron chi connectivity index (χ1n) is 8.45. The maximum Gasteiger partial charge on any atom is 0.237 e. The Morgan fingerprint density at radius 2 is 2.18 bits per heavy atom. The van der Waals surface area contributed by atoms with Crippen molar-refractivity contribution in [3.05, 3.63) is 65.9 Å². The Kier molecular flexibility index (Phi) is 5.31. The summed E-state index contributed by atoms with van der Waals surface area (Å²) in [6.45, 7) is 6.29. The van der Waals surface area contributed by atoms with Gasteiger partial charge in [-0.05, 0) is 25.1 Å². The zero-order valence-electron chi connectivity index (χ0n) is 15.0. The van der Waals surface area contributed by atoms with Gasteiger partial charge in [0.1, 0.15) is 5.76 Å². The van der Waals surface area contributed by atoms with Crippen LogP contribution in [0.25, 0.3) is 22.8 Å². The number of allylic oxidation sites excluding steroid dienone is 1. The van der Waals surface area contributed by atoms with Crippen molar-refractivity contribution >= 4 is 23.4 Å². The highest BCUT2D eigenvalue weighted by Gasteiger charge is 2.18. The minimum Gasteiger partial charge on any atom is -0.469 e. The quantitative estimate of drug-likeness (QED) is 0.310. The van der Waals surface area contributed by atoms with Gasteiger partial charge in [-0.15, -0.1) is 16.8 Å². The van der Waals surface area contributed by atoms with Crippen molar-refractivity contribution in [1.82, 2.24) is 24.9 Å². The van der Waals surface area contributed by atoms with Gasteiger partial charge in [0.25, 0.3) is 0 Å². The van der Waals surface area contributed by atoms with Gasteiger partial charge in [0, 0.05) is 17.1 Å². The molecule has 0 unspecified atom stereocenters. The summed E-state index contributed by atoms with van der Waals surface area (Å²) in [6.07, 6.45) is 3.44. The third-order valence-corrected chi connectivity index (χ3v) is 5.19. The zero-order valence-corrected chi connectivity index (χ0v) is 16.6. The third-order valence-electron chi connectivity index (χ3n) is 4.00. The van der Waals surface area contributed by atoms with Gasteiger partial charge < -0.3 is 8.94 Å². The van der Waals surface area contributed by atoms with Crippen LogP contribution in [-0.4, -0.2) is 24.9 Å². The van der Waals surface area contributed by atoms with Gasteiger partial charge >= 0.3 is 0 Å². The fourth-order valence-corrected chi connectivity index (χ4v) is 3.67. The molecule has 0 amide bonds. The van der Waals surface area contributed by atoms with E-state index in [2.05, 4.69) is 26.9 Å². The molecule has 28 heavy (non-hydrogen) atoms. The number of nitrogens with zero attached hydrogens (tertiary/aromatic N) is 5. The van der Waals surface area contributed by atoms with Crippen molar-refractivity contribution in [3.63, 3.8) is 0 Å². The SMILES string of the molecule is C=CCn1c(SCc2nc(-c3cccc(Cl)c3)no2)nnc1-c1ccoc1C. The van der Waals surface area contributed by atoms with Crippen LogP contribution in [0.2, 0.25) is 5.02 Å². The molecule has 1 aromatic carbocycles. The van der Waals surface area contributed by atoms with Crippen LogP contribution in [0, 0.1) is 6.92 Å². The third kappa shape index (κ3) is 3.74. The van der Waals surface area contributed by atoms with E-state index in [1.165, 1.54) is 11.8 Å². The Bertz CT molecular complexity index is 1120. The molecule has 0 fully saturated rings. The van der Waals surface area contributed by atoms with Crippen LogP contribution < -0.4 is 0 Å². The molecule has 0 saturated carbocycles. The Hall–Kier alpha value is -2.84. The second-order valence-electron chi connectivity index (χ2n) is 5.91. The molecule has 0 bridgehead atoms. The molecule has 0 aliphatic rings. The van der Waals surface area contributed by atoms with Crippen molar-refractivity contribution in [2.45, 2.75) is 24.4 Å². The monoisotopic (exact) mass is 413 g/mol. The van der Waals surface area contributed by atoms with Crippen molar-refractivity contribution in [2.24, 2.45) is 0 Å². The first-order chi connectivity index (χ1) is 13.7. The fraction of sp³-hybridized carbons (Fsp3) is 0.158. The second-order valence-corrected chi connectivity index (χ2v) is 7.29. The number of furan rings is 1. The normalized spacial score (nSPS) is 11.1. The molecule has 0 atom stereocenters. The van der Waals surface area contributed by atoms with E-state index >= 15 is 0 Å². The topological polar surface area (TPSA) is 82.8 Å². The molecule has 9 heteroatoms. The Morgan fingerprint density at radius 3 is 2.93 bits per heavy atom. The average Bonchev–Trinajstić information content (AvgIpc) is 3.40. The molecule has 3 aromatic heterocycles. The van der Waals surface area contributed by atoms with Crippen LogP contribution in [0.1, 0.15) is 11.7 Å². The summed E-state index contributed by atoms with van der Waals surface area (Å²) in [5.41, 5.74) is 1.71. The van der Waals surface area contributed by atoms with E-state index in [1.807, 2.05) is 29.7 Å². The predicted molar refractivity (Wildman–Crippen MR) is 107 cm³/mol. The fourth-order valence-electron chi connectivity index (χ4n) is 2.69. The lowest BCUT2D eigenvalue weighted by molar-refractivity contribution is 0.391. The highest BCUT2D eigenvalue weighted by atomic mass is 35.5. The van der Waals surface area contributed by atoms with E-state index in [0.717, 1.165) is 27.9 Å². The highest BCUT2D eigenvalue weighted by molar-refractivity contribution is 7.98. The zero-order chi connectivity index (χ0) is 19.5. The van der Waals surface area contributed by atoms with Crippen molar-refractivity contribution in [1.29, 1.82) is 0 Å². The number of rotatable bonds is 7. The lowest BCUT2D eigenvalue weighted by atomic mass is 10.2. The Balaban J connectivity index is 1.53. The maximum absolute atomic E-state index is 6.02. The number of halogens is 1. The molecule has 0 N–H and O–H groups in total. The predicted octanol–water partition coefficient (Wildman–Crippen LogP) is 5.03. The number of aromatic nitrogens is 5. The van der Waals surface area contributed by atoms with Crippen LogP contribution in [0.5, 0.6) is 0 Å². The van der Waals surface area contributed by atoms with Gasteiger partial charge in [-0.2, -0.15) is 4.98 Å². The van der Waals surface area contributed by atoms with Crippen LogP contribution in [0.3, 0.4) is 0 Å². The highest BCUT2D eigenvalue weighted by Crippen LogP contribution is 2.29. The first-order valence-corrected chi connectivity index (χ1v) is 9.82. The number of hydrogen-bond donors (Lipinski definition) is 0. The van der Waals surface area contributed by atoms with Crippen LogP contribution in [0.15, 0.2) is 63.3 Å². The summed E-state index contributed by atoms with van der Waals surface area (Å²) in [6, 6.07) is 9.20. The van der Waals surface area contributed by atoms with Gasteiger partial charge in [0.2, 0.25) is 11.7 Å². The van der Waals surface area contributed by atoms with E-state index < -0.39 is 0 Å². The summed E-state index contributed by atoms with van der Waals surface area (Å²) in [4.78, 5) is 4.43. The molecule has 0 radical (unpaired) electrons. The smallest absolute Gasteiger partial charge is 0.237 e. The van der Waals surface area contributed by atoms with Crippen molar-refractivity contribution < 1.29 is 8.94 Å². The molecule has 7 nitrogen and oxygen atoms in total. The molecular weight excluding hydrogens is 398 g/mol. The molecule has 0 aliphatic heterocycles. The van der Waals surface area contributed by atoms with Crippen molar-refractivity contribution in [2.75, 3.05) is 0 Å². The molecule has 142 valence electrons. The van der Waals surface area contributed by atoms with Crippen LogP contribution in [-0.2, 0) is 12.3 Å². The molecular formula is C19H16ClN5O2S. The summed E-state index contributed by atoms with van der Waals surface area (Å²) >= 11 is 7.49. The van der Waals surface area contributed by atoms with E-state index in [4.69, 9.17) is 20.5 Å². The summed E-state index contributed by atoms with van der Waals surface area (Å²) < 4.78 is 12.7. The van der Waals surface area contributed by atoms with Gasteiger partial charge in [0.15, 0.2) is 11.0 Å². The van der Waals surface area contributed by atoms with Gasteiger partial charge in [0.05, 0.1) is 17.6 Å². The van der Waals surface area contributed by atoms with Gasteiger partial charge in [-0.1, -0.05) is 46.7 Å². The van der Waals surface area contributed by atoms with Gasteiger partial charge in [-0.25, -0.2) is 0 Å². The molecule has 4 aromatic rings. The Morgan fingerprint density at radius 1 is 1.29 bits per heavy atom. The van der Waals surface area contributed by atoms with Crippen molar-refractivity contribution in [3.8, 4) is 22.8 Å². The van der Waals surface area contributed by atoms with E-state index in [1.54, 1.807) is 24.5 Å². The molecule has 0 spiro atoms. The number of benzene rings is 1. The maximum atomic E-state index is 6.02. The number of aryl methyl sites for hydroxylation is 1. The average molecular weight is 414 g/mol. The van der Waals surface area contributed by atoms with E-state index in [9.17, 15) is 0 Å². The van der Waals surface area contributed by atoms with Crippen LogP contribution in [0.4, 0.5) is 0 Å².